The van der Waals surface area contributed by atoms with Crippen LogP contribution >= 0.6 is 0 Å². The number of rotatable bonds is 3. The molecule has 110 valence electrons. The molecule has 1 aliphatic heterocycles. The third kappa shape index (κ3) is 3.28. The van der Waals surface area contributed by atoms with Crippen molar-refractivity contribution in [1.82, 2.24) is 19.9 Å². The number of aromatic nitrogens is 3. The smallest absolute Gasteiger partial charge is 0.244 e. The van der Waals surface area contributed by atoms with Crippen molar-refractivity contribution in [2.24, 2.45) is 0 Å². The molecule has 0 spiro atoms. The van der Waals surface area contributed by atoms with E-state index in [2.05, 4.69) is 10.3 Å². The number of benzene rings is 1. The highest BCUT2D eigenvalue weighted by molar-refractivity contribution is 5.76. The first-order valence-corrected chi connectivity index (χ1v) is 7.14. The maximum atomic E-state index is 12.2. The quantitative estimate of drug-likeness (QED) is 0.911. The zero-order valence-corrected chi connectivity index (χ0v) is 11.7. The molecular weight excluding hydrogens is 268 g/mol. The van der Waals surface area contributed by atoms with Crippen molar-refractivity contribution >= 4 is 5.91 Å². The molecule has 6 heteroatoms. The highest BCUT2D eigenvalue weighted by atomic mass is 16.3. The number of hydrogen-bond acceptors (Lipinski definition) is 4. The summed E-state index contributed by atoms with van der Waals surface area (Å²) >= 11 is 0. The van der Waals surface area contributed by atoms with E-state index in [4.69, 9.17) is 0 Å². The summed E-state index contributed by atoms with van der Waals surface area (Å²) in [5, 5.41) is 17.7. The summed E-state index contributed by atoms with van der Waals surface area (Å²) in [6.07, 6.45) is 2.98. The normalized spacial score (nSPS) is 18.7. The van der Waals surface area contributed by atoms with Crippen molar-refractivity contribution in [2.45, 2.75) is 25.5 Å². The first-order valence-electron chi connectivity index (χ1n) is 7.14. The van der Waals surface area contributed by atoms with Gasteiger partial charge in [0.15, 0.2) is 0 Å². The Morgan fingerprint density at radius 3 is 2.90 bits per heavy atom. The Hall–Kier alpha value is -2.21. The van der Waals surface area contributed by atoms with Crippen LogP contribution < -0.4 is 0 Å². The van der Waals surface area contributed by atoms with Crippen LogP contribution in [0.2, 0.25) is 0 Å². The third-order valence-corrected chi connectivity index (χ3v) is 3.65. The molecule has 1 aliphatic rings. The fourth-order valence-electron chi connectivity index (χ4n) is 2.54. The Labute approximate surface area is 123 Å². The molecule has 6 nitrogen and oxygen atoms in total. The second kappa shape index (κ2) is 6.05. The van der Waals surface area contributed by atoms with Gasteiger partial charge < -0.3 is 10.0 Å². The van der Waals surface area contributed by atoms with Gasteiger partial charge in [-0.05, 0) is 12.8 Å². The van der Waals surface area contributed by atoms with Crippen LogP contribution in [0.4, 0.5) is 0 Å². The predicted octanol–water partition coefficient (Wildman–Crippen LogP) is 0.928. The van der Waals surface area contributed by atoms with E-state index in [-0.39, 0.29) is 12.5 Å². The van der Waals surface area contributed by atoms with Gasteiger partial charge in [0.25, 0.3) is 0 Å². The summed E-state index contributed by atoms with van der Waals surface area (Å²) in [5.41, 5.74) is 1.73. The van der Waals surface area contributed by atoms with Crippen LogP contribution in [0.3, 0.4) is 0 Å². The SMILES string of the molecule is O=C(Cn1cc(-c2ccccc2)nn1)N1CCCC(O)C1. The molecule has 1 N–H and O–H groups in total. The molecule has 0 aliphatic carbocycles. The summed E-state index contributed by atoms with van der Waals surface area (Å²) in [6, 6.07) is 9.73. The summed E-state index contributed by atoms with van der Waals surface area (Å²) in [4.78, 5) is 13.9. The Balaban J connectivity index is 1.66. The van der Waals surface area contributed by atoms with Crippen LogP contribution in [0.1, 0.15) is 12.8 Å². The summed E-state index contributed by atoms with van der Waals surface area (Å²) in [6.45, 7) is 1.28. The lowest BCUT2D eigenvalue weighted by molar-refractivity contribution is -0.135. The van der Waals surface area contributed by atoms with E-state index >= 15 is 0 Å². The number of aliphatic hydroxyl groups is 1. The van der Waals surface area contributed by atoms with E-state index in [1.165, 1.54) is 0 Å². The van der Waals surface area contributed by atoms with Gasteiger partial charge in [-0.15, -0.1) is 5.10 Å². The van der Waals surface area contributed by atoms with Crippen LogP contribution in [-0.4, -0.2) is 50.1 Å². The van der Waals surface area contributed by atoms with E-state index in [9.17, 15) is 9.90 Å². The average Bonchev–Trinajstić information content (AvgIpc) is 2.97. The number of amides is 1. The molecule has 1 amide bonds. The molecule has 1 aromatic heterocycles. The first kappa shape index (κ1) is 13.8. The minimum absolute atomic E-state index is 0.0294. The Bertz CT molecular complexity index is 611. The standard InChI is InChI=1S/C15H18N4O2/c20-13-7-4-8-18(9-13)15(21)11-19-10-14(16-17-19)12-5-2-1-3-6-12/h1-3,5-6,10,13,20H,4,7-9,11H2. The van der Waals surface area contributed by atoms with E-state index in [0.29, 0.717) is 13.1 Å². The van der Waals surface area contributed by atoms with Crippen molar-refractivity contribution in [2.75, 3.05) is 13.1 Å². The number of β-amino-alcohol motifs (C(OH)–C–C–N with tert-alkyl or cyclic N) is 1. The number of nitrogens with zero attached hydrogens (tertiary/aromatic N) is 4. The van der Waals surface area contributed by atoms with Crippen LogP contribution in [0, 0.1) is 0 Å². The maximum absolute atomic E-state index is 12.2. The number of hydrogen-bond donors (Lipinski definition) is 1. The summed E-state index contributed by atoms with van der Waals surface area (Å²) in [7, 11) is 0. The van der Waals surface area contributed by atoms with Gasteiger partial charge in [0.2, 0.25) is 5.91 Å². The largest absolute Gasteiger partial charge is 0.391 e. The second-order valence-corrected chi connectivity index (χ2v) is 5.30. The van der Waals surface area contributed by atoms with Gasteiger partial charge >= 0.3 is 0 Å². The van der Waals surface area contributed by atoms with Crippen LogP contribution in [0.15, 0.2) is 36.5 Å². The van der Waals surface area contributed by atoms with E-state index < -0.39 is 6.10 Å². The lowest BCUT2D eigenvalue weighted by Crippen LogP contribution is -2.43. The molecule has 2 heterocycles. The lowest BCUT2D eigenvalue weighted by Gasteiger charge is -2.29. The van der Waals surface area contributed by atoms with Crippen LogP contribution in [0.5, 0.6) is 0 Å². The number of likely N-dealkylation sites (tertiary alicyclic amines) is 1. The molecular formula is C15H18N4O2. The zero-order chi connectivity index (χ0) is 14.7. The van der Waals surface area contributed by atoms with Gasteiger partial charge in [0, 0.05) is 18.7 Å². The lowest BCUT2D eigenvalue weighted by atomic mass is 10.1. The van der Waals surface area contributed by atoms with Crippen molar-refractivity contribution < 1.29 is 9.90 Å². The second-order valence-electron chi connectivity index (χ2n) is 5.30. The van der Waals surface area contributed by atoms with Crippen molar-refractivity contribution in [1.29, 1.82) is 0 Å². The van der Waals surface area contributed by atoms with Gasteiger partial charge in [-0.25, -0.2) is 4.68 Å². The topological polar surface area (TPSA) is 71.2 Å². The minimum atomic E-state index is -0.404. The van der Waals surface area contributed by atoms with Gasteiger partial charge in [0.1, 0.15) is 12.2 Å². The van der Waals surface area contributed by atoms with Gasteiger partial charge in [0.05, 0.1) is 12.3 Å². The molecule has 0 bridgehead atoms. The molecule has 0 saturated carbocycles. The molecule has 1 saturated heterocycles. The monoisotopic (exact) mass is 286 g/mol. The third-order valence-electron chi connectivity index (χ3n) is 3.65. The molecule has 21 heavy (non-hydrogen) atoms. The molecule has 3 rings (SSSR count). The van der Waals surface area contributed by atoms with Gasteiger partial charge in [-0.2, -0.15) is 0 Å². The predicted molar refractivity (Wildman–Crippen MR) is 77.3 cm³/mol. The van der Waals surface area contributed by atoms with Gasteiger partial charge in [-0.3, -0.25) is 4.79 Å². The molecule has 0 radical (unpaired) electrons. The van der Waals surface area contributed by atoms with Crippen LogP contribution in [0.25, 0.3) is 11.3 Å². The number of piperidine rings is 1. The Morgan fingerprint density at radius 1 is 1.33 bits per heavy atom. The van der Waals surface area contributed by atoms with Crippen LogP contribution in [-0.2, 0) is 11.3 Å². The summed E-state index contributed by atoms with van der Waals surface area (Å²) < 4.78 is 1.55. The molecule has 1 aromatic carbocycles. The molecule has 1 fully saturated rings. The summed E-state index contributed by atoms with van der Waals surface area (Å²) in [5.74, 6) is -0.0294. The molecule has 2 aromatic rings. The fourth-order valence-corrected chi connectivity index (χ4v) is 2.54. The highest BCUT2D eigenvalue weighted by Crippen LogP contribution is 2.15. The molecule has 1 atom stereocenters. The van der Waals surface area contributed by atoms with E-state index in [1.807, 2.05) is 30.3 Å². The zero-order valence-electron chi connectivity index (χ0n) is 11.7. The highest BCUT2D eigenvalue weighted by Gasteiger charge is 2.22. The first-order chi connectivity index (χ1) is 10.2. The van der Waals surface area contributed by atoms with E-state index in [1.54, 1.807) is 15.8 Å². The van der Waals surface area contributed by atoms with Crippen molar-refractivity contribution in [3.05, 3.63) is 36.5 Å². The number of carbonyl (C=O) groups is 1. The van der Waals surface area contributed by atoms with Crippen molar-refractivity contribution in [3.63, 3.8) is 0 Å². The Kier molecular flexibility index (Phi) is 3.96. The number of aliphatic hydroxyl groups excluding tert-OH is 1. The van der Waals surface area contributed by atoms with Crippen molar-refractivity contribution in [3.8, 4) is 11.3 Å². The number of carbonyl (C=O) groups excluding carboxylic acids is 1. The fraction of sp³-hybridized carbons (Fsp3) is 0.400. The Morgan fingerprint density at radius 2 is 2.14 bits per heavy atom. The minimum Gasteiger partial charge on any atom is -0.391 e. The average molecular weight is 286 g/mol. The molecule has 1 unspecified atom stereocenters. The maximum Gasteiger partial charge on any atom is 0.244 e. The van der Waals surface area contributed by atoms with Gasteiger partial charge in [-0.1, -0.05) is 35.5 Å². The van der Waals surface area contributed by atoms with E-state index in [0.717, 1.165) is 24.1 Å².